The highest BCUT2D eigenvalue weighted by molar-refractivity contribution is 6.07. The van der Waals surface area contributed by atoms with Gasteiger partial charge in [-0.05, 0) is 33.8 Å². The van der Waals surface area contributed by atoms with Crippen molar-refractivity contribution in [1.82, 2.24) is 4.90 Å². The van der Waals surface area contributed by atoms with Crippen LogP contribution in [0.2, 0.25) is 0 Å². The fourth-order valence-electron chi connectivity index (χ4n) is 2.14. The second-order valence-corrected chi connectivity index (χ2v) is 6.21. The van der Waals surface area contributed by atoms with Crippen molar-refractivity contribution in [2.75, 3.05) is 19.0 Å². The molecule has 1 rings (SSSR count). The lowest BCUT2D eigenvalue weighted by atomic mass is 10.1. The molecule has 1 aromatic rings. The van der Waals surface area contributed by atoms with Gasteiger partial charge in [-0.3, -0.25) is 14.9 Å². The quantitative estimate of drug-likeness (QED) is 0.367. The molecule has 0 aliphatic rings. The largest absolute Gasteiger partial charge is 0.494 e. The maximum absolute atomic E-state index is 12.4. The SMILES string of the molecule is CCN(/C=C(/C#N)C(=O)Nc1ccc([N+](=O)[O-])cc1OC)C(C)(C)C. The molecule has 0 spiro atoms. The van der Waals surface area contributed by atoms with Gasteiger partial charge >= 0.3 is 0 Å². The molecular weight excluding hydrogens is 324 g/mol. The summed E-state index contributed by atoms with van der Waals surface area (Å²) in [6.07, 6.45) is 1.51. The van der Waals surface area contributed by atoms with Crippen molar-refractivity contribution < 1.29 is 14.5 Å². The van der Waals surface area contributed by atoms with Crippen molar-refractivity contribution in [3.63, 3.8) is 0 Å². The molecular formula is C17H22N4O4. The molecule has 0 fully saturated rings. The first-order chi connectivity index (χ1) is 11.6. The van der Waals surface area contributed by atoms with Crippen LogP contribution in [-0.2, 0) is 4.79 Å². The second-order valence-electron chi connectivity index (χ2n) is 6.21. The average Bonchev–Trinajstić information content (AvgIpc) is 2.54. The fourth-order valence-corrected chi connectivity index (χ4v) is 2.14. The van der Waals surface area contributed by atoms with Gasteiger partial charge in [-0.2, -0.15) is 5.26 Å². The number of nitrogens with one attached hydrogen (secondary N) is 1. The number of benzene rings is 1. The molecule has 0 atom stereocenters. The van der Waals surface area contributed by atoms with E-state index in [-0.39, 0.29) is 28.2 Å². The van der Waals surface area contributed by atoms with Crippen molar-refractivity contribution in [1.29, 1.82) is 5.26 Å². The van der Waals surface area contributed by atoms with E-state index in [9.17, 15) is 20.2 Å². The highest BCUT2D eigenvalue weighted by atomic mass is 16.6. The lowest BCUT2D eigenvalue weighted by Crippen LogP contribution is -2.37. The minimum atomic E-state index is -0.614. The van der Waals surface area contributed by atoms with Gasteiger partial charge < -0.3 is 15.0 Å². The van der Waals surface area contributed by atoms with E-state index in [0.29, 0.717) is 6.54 Å². The summed E-state index contributed by atoms with van der Waals surface area (Å²) in [5.41, 5.74) is -0.228. The summed E-state index contributed by atoms with van der Waals surface area (Å²) in [6.45, 7) is 8.47. The Morgan fingerprint density at radius 2 is 2.12 bits per heavy atom. The zero-order chi connectivity index (χ0) is 19.2. The minimum absolute atomic E-state index is 0.0721. The van der Waals surface area contributed by atoms with Crippen LogP contribution in [0, 0.1) is 21.4 Å². The third-order valence-corrected chi connectivity index (χ3v) is 3.50. The van der Waals surface area contributed by atoms with Crippen LogP contribution in [0.3, 0.4) is 0 Å². The van der Waals surface area contributed by atoms with Gasteiger partial charge in [0.15, 0.2) is 0 Å². The van der Waals surface area contributed by atoms with E-state index < -0.39 is 10.8 Å². The van der Waals surface area contributed by atoms with Gasteiger partial charge in [0.25, 0.3) is 11.6 Å². The Kier molecular flexibility index (Phi) is 6.51. The van der Waals surface area contributed by atoms with Crippen LogP contribution in [0.15, 0.2) is 30.0 Å². The molecule has 8 nitrogen and oxygen atoms in total. The third kappa shape index (κ3) is 5.21. The summed E-state index contributed by atoms with van der Waals surface area (Å²) in [7, 11) is 1.34. The van der Waals surface area contributed by atoms with E-state index in [4.69, 9.17) is 4.74 Å². The van der Waals surface area contributed by atoms with Gasteiger partial charge in [0.1, 0.15) is 17.4 Å². The zero-order valence-corrected chi connectivity index (χ0v) is 15.0. The molecule has 1 aromatic carbocycles. The number of nitro benzene ring substituents is 1. The number of non-ortho nitro benzene ring substituents is 1. The number of carbonyl (C=O) groups is 1. The van der Waals surface area contributed by atoms with Crippen LogP contribution in [0.1, 0.15) is 27.7 Å². The second kappa shape index (κ2) is 8.15. The van der Waals surface area contributed by atoms with Crippen molar-refractivity contribution in [2.45, 2.75) is 33.2 Å². The third-order valence-electron chi connectivity index (χ3n) is 3.50. The van der Waals surface area contributed by atoms with Gasteiger partial charge in [0, 0.05) is 24.4 Å². The van der Waals surface area contributed by atoms with Crippen LogP contribution >= 0.6 is 0 Å². The summed E-state index contributed by atoms with van der Waals surface area (Å²) in [4.78, 5) is 24.5. The van der Waals surface area contributed by atoms with E-state index in [0.717, 1.165) is 0 Å². The summed E-state index contributed by atoms with van der Waals surface area (Å²) in [5, 5.41) is 22.7. The van der Waals surface area contributed by atoms with Gasteiger partial charge in [-0.1, -0.05) is 0 Å². The predicted octanol–water partition coefficient (Wildman–Crippen LogP) is 3.07. The molecule has 1 amide bonds. The predicted molar refractivity (Wildman–Crippen MR) is 94.1 cm³/mol. The number of methoxy groups -OCH3 is 1. The number of nitriles is 1. The Balaban J connectivity index is 3.11. The van der Waals surface area contributed by atoms with Crippen molar-refractivity contribution in [3.05, 3.63) is 40.1 Å². The molecule has 0 aliphatic heterocycles. The molecule has 134 valence electrons. The molecule has 0 heterocycles. The van der Waals surface area contributed by atoms with E-state index in [1.807, 2.05) is 38.7 Å². The summed E-state index contributed by atoms with van der Waals surface area (Å²) in [6, 6.07) is 5.71. The Morgan fingerprint density at radius 1 is 1.48 bits per heavy atom. The van der Waals surface area contributed by atoms with Crippen LogP contribution in [-0.4, -0.2) is 34.9 Å². The van der Waals surface area contributed by atoms with Gasteiger partial charge in [0.05, 0.1) is 23.8 Å². The molecule has 0 aromatic heterocycles. The Bertz CT molecular complexity index is 729. The van der Waals surface area contributed by atoms with Crippen LogP contribution in [0.25, 0.3) is 0 Å². The maximum atomic E-state index is 12.4. The average molecular weight is 346 g/mol. The van der Waals surface area contributed by atoms with Crippen molar-refractivity contribution >= 4 is 17.3 Å². The van der Waals surface area contributed by atoms with E-state index in [2.05, 4.69) is 5.32 Å². The topological polar surface area (TPSA) is 109 Å². The first kappa shape index (κ1) is 20.0. The van der Waals surface area contributed by atoms with Crippen molar-refractivity contribution in [2.24, 2.45) is 0 Å². The molecule has 0 unspecified atom stereocenters. The fraction of sp³-hybridized carbons (Fsp3) is 0.412. The van der Waals surface area contributed by atoms with E-state index in [1.165, 1.54) is 31.5 Å². The molecule has 0 saturated heterocycles. The van der Waals surface area contributed by atoms with E-state index in [1.54, 1.807) is 0 Å². The molecule has 25 heavy (non-hydrogen) atoms. The number of carbonyl (C=O) groups excluding carboxylic acids is 1. The number of hydrogen-bond donors (Lipinski definition) is 1. The number of hydrogen-bond acceptors (Lipinski definition) is 6. The standard InChI is InChI=1S/C17H22N4O4/c1-6-20(17(2,3)4)11-12(10-18)16(22)19-14-8-7-13(21(23)24)9-15(14)25-5/h7-9,11H,6H2,1-5H3,(H,19,22)/b12-11-. The van der Waals surface area contributed by atoms with E-state index >= 15 is 0 Å². The Hall–Kier alpha value is -3.08. The normalized spacial score (nSPS) is 11.4. The molecule has 0 aliphatic carbocycles. The Labute approximate surface area is 146 Å². The maximum Gasteiger partial charge on any atom is 0.273 e. The zero-order valence-electron chi connectivity index (χ0n) is 15.0. The van der Waals surface area contributed by atoms with Crippen LogP contribution in [0.4, 0.5) is 11.4 Å². The molecule has 8 heteroatoms. The first-order valence-corrected chi connectivity index (χ1v) is 7.66. The molecule has 0 radical (unpaired) electrons. The van der Waals surface area contributed by atoms with Gasteiger partial charge in [-0.25, -0.2) is 0 Å². The smallest absolute Gasteiger partial charge is 0.273 e. The first-order valence-electron chi connectivity index (χ1n) is 7.66. The number of anilines is 1. The highest BCUT2D eigenvalue weighted by Crippen LogP contribution is 2.29. The van der Waals surface area contributed by atoms with Crippen LogP contribution < -0.4 is 10.1 Å². The number of rotatable bonds is 6. The summed E-state index contributed by atoms with van der Waals surface area (Å²) >= 11 is 0. The van der Waals surface area contributed by atoms with Gasteiger partial charge in [0.2, 0.25) is 0 Å². The van der Waals surface area contributed by atoms with Crippen molar-refractivity contribution in [3.8, 4) is 11.8 Å². The Morgan fingerprint density at radius 3 is 2.56 bits per heavy atom. The van der Waals surface area contributed by atoms with Gasteiger partial charge in [-0.15, -0.1) is 0 Å². The number of amides is 1. The molecule has 0 bridgehead atoms. The highest BCUT2D eigenvalue weighted by Gasteiger charge is 2.20. The number of nitro groups is 1. The molecule has 1 N–H and O–H groups in total. The molecule has 0 saturated carbocycles. The number of ether oxygens (including phenoxy) is 1. The summed E-state index contributed by atoms with van der Waals surface area (Å²) in [5.74, 6) is -0.472. The minimum Gasteiger partial charge on any atom is -0.494 e. The lowest BCUT2D eigenvalue weighted by molar-refractivity contribution is -0.384. The van der Waals surface area contributed by atoms with Crippen LogP contribution in [0.5, 0.6) is 5.75 Å². The number of nitrogens with zero attached hydrogens (tertiary/aromatic N) is 3. The lowest BCUT2D eigenvalue weighted by Gasteiger charge is -2.33. The summed E-state index contributed by atoms with van der Waals surface area (Å²) < 4.78 is 5.07. The monoisotopic (exact) mass is 346 g/mol.